The Morgan fingerprint density at radius 1 is 1.16 bits per heavy atom. The van der Waals surface area contributed by atoms with Crippen LogP contribution < -0.4 is 25.9 Å². The highest BCUT2D eigenvalue weighted by Gasteiger charge is 2.65. The van der Waals surface area contributed by atoms with Crippen LogP contribution in [0.4, 0.5) is 11.4 Å². The highest BCUT2D eigenvalue weighted by molar-refractivity contribution is 6.91. The summed E-state index contributed by atoms with van der Waals surface area (Å²) in [6, 6.07) is 13.2. The Morgan fingerprint density at radius 3 is 2.61 bits per heavy atom. The molecule has 3 fully saturated rings. The minimum Gasteiger partial charge on any atom is -0.497 e. The van der Waals surface area contributed by atoms with Crippen molar-refractivity contribution >= 4 is 42.4 Å². The van der Waals surface area contributed by atoms with E-state index in [1.807, 2.05) is 30.3 Å². The number of likely N-dealkylation sites (tertiary alicyclic amines) is 1. The fourth-order valence-electron chi connectivity index (χ4n) is 8.19. The van der Waals surface area contributed by atoms with Gasteiger partial charge in [0.1, 0.15) is 5.75 Å². The summed E-state index contributed by atoms with van der Waals surface area (Å²) in [4.78, 5) is 42.5. The number of aliphatic hydroxyl groups is 1. The van der Waals surface area contributed by atoms with Crippen LogP contribution >= 0.6 is 0 Å². The number of rotatable bonds is 8. The standard InChI is InChI=1S/C33H44N4O6Si/c1-20-30(44(3,4)24-12-10-23(42-2)11-13-24)28(18-29(39)37-16-6-7-22(37)19-38)43-33(20)25-17-21(9-14-26(25)36-32(33)41)35-31(40)27-8-5-15-34-27/h9-14,17,20,22,27-28,30,34,38H,5-8,15-16,18-19H2,1-4H3,(H,35,40)(H,36,41)/t20-,22-,27+,28+,30-,33+/m0/s1. The van der Waals surface area contributed by atoms with E-state index in [4.69, 9.17) is 9.47 Å². The van der Waals surface area contributed by atoms with Crippen molar-refractivity contribution in [3.63, 3.8) is 0 Å². The number of aliphatic hydroxyl groups excluding tert-OH is 1. The number of nitrogens with one attached hydrogen (secondary N) is 3. The lowest BCUT2D eigenvalue weighted by Crippen LogP contribution is -2.52. The molecule has 1 spiro atoms. The van der Waals surface area contributed by atoms with Crippen LogP contribution in [0.1, 0.15) is 44.6 Å². The molecule has 0 saturated carbocycles. The largest absolute Gasteiger partial charge is 0.497 e. The summed E-state index contributed by atoms with van der Waals surface area (Å²) < 4.78 is 12.4. The smallest absolute Gasteiger partial charge is 0.261 e. The van der Waals surface area contributed by atoms with Gasteiger partial charge < -0.3 is 35.4 Å². The zero-order chi connectivity index (χ0) is 31.2. The molecule has 4 heterocycles. The first kappa shape index (κ1) is 30.8. The molecule has 0 aliphatic carbocycles. The van der Waals surface area contributed by atoms with Crippen molar-refractivity contribution in [1.29, 1.82) is 0 Å². The summed E-state index contributed by atoms with van der Waals surface area (Å²) in [5.41, 5.74) is 0.567. The molecule has 6 rings (SSSR count). The fraction of sp³-hybridized carbons (Fsp3) is 0.545. The van der Waals surface area contributed by atoms with Gasteiger partial charge in [-0.1, -0.05) is 37.3 Å². The van der Waals surface area contributed by atoms with Gasteiger partial charge in [0.2, 0.25) is 11.8 Å². The summed E-state index contributed by atoms with van der Waals surface area (Å²) >= 11 is 0. The van der Waals surface area contributed by atoms with Crippen LogP contribution in [0.15, 0.2) is 42.5 Å². The van der Waals surface area contributed by atoms with Crippen LogP contribution in [0.3, 0.4) is 0 Å². The molecule has 0 unspecified atom stereocenters. The number of fused-ring (bicyclic) bond motifs is 2. The van der Waals surface area contributed by atoms with E-state index >= 15 is 0 Å². The molecule has 0 bridgehead atoms. The Bertz CT molecular complexity index is 1430. The molecule has 2 aromatic rings. The van der Waals surface area contributed by atoms with Gasteiger partial charge >= 0.3 is 0 Å². The first-order chi connectivity index (χ1) is 21.1. The summed E-state index contributed by atoms with van der Waals surface area (Å²) in [5.74, 6) is 0.125. The summed E-state index contributed by atoms with van der Waals surface area (Å²) in [5, 5.41) is 20.4. The Balaban J connectivity index is 1.37. The van der Waals surface area contributed by atoms with Gasteiger partial charge in [-0.15, -0.1) is 0 Å². The first-order valence-corrected chi connectivity index (χ1v) is 18.9. The third kappa shape index (κ3) is 5.13. The highest BCUT2D eigenvalue weighted by atomic mass is 28.3. The van der Waals surface area contributed by atoms with Gasteiger partial charge in [0.05, 0.1) is 46.4 Å². The van der Waals surface area contributed by atoms with Crippen LogP contribution in [-0.2, 0) is 24.7 Å². The third-order valence-electron chi connectivity index (χ3n) is 10.5. The number of benzene rings is 2. The molecular weight excluding hydrogens is 576 g/mol. The number of carbonyl (C=O) groups is 3. The van der Waals surface area contributed by atoms with Crippen LogP contribution in [0.2, 0.25) is 18.6 Å². The van der Waals surface area contributed by atoms with Crippen molar-refractivity contribution < 1.29 is 29.0 Å². The number of methoxy groups -OCH3 is 1. The normalized spacial score (nSPS) is 29.6. The summed E-state index contributed by atoms with van der Waals surface area (Å²) in [6.07, 6.45) is 3.01. The number of carbonyl (C=O) groups excluding carboxylic acids is 3. The van der Waals surface area contributed by atoms with Crippen molar-refractivity contribution in [3.05, 3.63) is 48.0 Å². The average Bonchev–Trinajstić information content (AvgIpc) is 3.81. The number of hydrogen-bond donors (Lipinski definition) is 4. The second kappa shape index (κ2) is 11.9. The molecule has 0 aromatic heterocycles. The van der Waals surface area contributed by atoms with Gasteiger partial charge in [0, 0.05) is 29.4 Å². The van der Waals surface area contributed by atoms with Gasteiger partial charge in [0.25, 0.3) is 5.91 Å². The maximum absolute atomic E-state index is 14.0. The van der Waals surface area contributed by atoms with E-state index in [1.165, 1.54) is 5.19 Å². The van der Waals surface area contributed by atoms with Crippen LogP contribution in [0.5, 0.6) is 5.75 Å². The van der Waals surface area contributed by atoms with Crippen molar-refractivity contribution in [1.82, 2.24) is 10.2 Å². The molecular formula is C33H44N4O6Si. The zero-order valence-electron chi connectivity index (χ0n) is 26.0. The van der Waals surface area contributed by atoms with E-state index in [0.29, 0.717) is 23.5 Å². The van der Waals surface area contributed by atoms with Crippen molar-refractivity contribution in [3.8, 4) is 5.75 Å². The van der Waals surface area contributed by atoms with Crippen LogP contribution in [0, 0.1) is 5.92 Å². The topological polar surface area (TPSA) is 129 Å². The van der Waals surface area contributed by atoms with Crippen molar-refractivity contribution in [2.75, 3.05) is 37.4 Å². The molecule has 10 nitrogen and oxygen atoms in total. The molecule has 4 aliphatic rings. The number of ether oxygens (including phenoxy) is 2. The van der Waals surface area contributed by atoms with Crippen LogP contribution in [0.25, 0.3) is 0 Å². The highest BCUT2D eigenvalue weighted by Crippen LogP contribution is 2.59. The van der Waals surface area contributed by atoms with E-state index in [9.17, 15) is 19.5 Å². The van der Waals surface area contributed by atoms with E-state index in [0.717, 1.165) is 38.0 Å². The number of nitrogens with zero attached hydrogens (tertiary/aromatic N) is 1. The first-order valence-electron chi connectivity index (χ1n) is 15.8. The SMILES string of the molecule is COc1ccc([Si](C)(C)[C@@H]2[C@@H](CC(=O)N3CCC[C@H]3CO)O[C@]3(C(=O)Nc4ccc(NC(=O)[C@H]5CCCN5)cc43)[C@H]2C)cc1. The van der Waals surface area contributed by atoms with Crippen LogP contribution in [-0.4, -0.2) is 80.8 Å². The molecule has 236 valence electrons. The van der Waals surface area contributed by atoms with E-state index < -0.39 is 19.8 Å². The zero-order valence-corrected chi connectivity index (χ0v) is 27.0. The number of amides is 3. The van der Waals surface area contributed by atoms with Gasteiger partial charge in [-0.25, -0.2) is 0 Å². The summed E-state index contributed by atoms with van der Waals surface area (Å²) in [7, 11) is -0.757. The molecule has 44 heavy (non-hydrogen) atoms. The predicted octanol–water partition coefficient (Wildman–Crippen LogP) is 2.93. The quantitative estimate of drug-likeness (QED) is 0.334. The van der Waals surface area contributed by atoms with E-state index in [-0.39, 0.29) is 54.3 Å². The molecule has 3 amide bonds. The molecule has 0 radical (unpaired) electrons. The number of anilines is 2. The van der Waals surface area contributed by atoms with E-state index in [2.05, 4.69) is 48.1 Å². The second-order valence-corrected chi connectivity index (χ2v) is 18.0. The average molecular weight is 621 g/mol. The van der Waals surface area contributed by atoms with Gasteiger partial charge in [-0.3, -0.25) is 14.4 Å². The maximum Gasteiger partial charge on any atom is 0.261 e. The van der Waals surface area contributed by atoms with Gasteiger partial charge in [0.15, 0.2) is 5.60 Å². The minimum absolute atomic E-state index is 0.0518. The maximum atomic E-state index is 14.0. The fourth-order valence-corrected chi connectivity index (χ4v) is 12.2. The third-order valence-corrected chi connectivity index (χ3v) is 14.9. The molecule has 4 aliphatic heterocycles. The Kier molecular flexibility index (Phi) is 8.33. The Hall–Kier alpha value is -3.25. The monoisotopic (exact) mass is 620 g/mol. The Labute approximate surface area is 259 Å². The lowest BCUT2D eigenvalue weighted by atomic mass is 9.82. The Morgan fingerprint density at radius 2 is 1.93 bits per heavy atom. The molecule has 11 heteroatoms. The lowest BCUT2D eigenvalue weighted by molar-refractivity contribution is -0.148. The molecule has 3 saturated heterocycles. The molecule has 4 N–H and O–H groups in total. The minimum atomic E-state index is -2.40. The van der Waals surface area contributed by atoms with E-state index in [1.54, 1.807) is 12.0 Å². The summed E-state index contributed by atoms with van der Waals surface area (Å²) in [6.45, 7) is 8.00. The van der Waals surface area contributed by atoms with Crippen molar-refractivity contribution in [2.24, 2.45) is 5.92 Å². The number of hydrogen-bond acceptors (Lipinski definition) is 7. The van der Waals surface area contributed by atoms with Gasteiger partial charge in [-0.2, -0.15) is 0 Å². The van der Waals surface area contributed by atoms with Gasteiger partial charge in [-0.05, 0) is 68.1 Å². The molecule has 2 aromatic carbocycles. The molecule has 6 atom stereocenters. The predicted molar refractivity (Wildman–Crippen MR) is 171 cm³/mol. The lowest BCUT2D eigenvalue weighted by Gasteiger charge is -2.37. The second-order valence-electron chi connectivity index (χ2n) is 13.3. The van der Waals surface area contributed by atoms with Crippen molar-refractivity contribution in [2.45, 2.75) is 81.5 Å².